The maximum absolute atomic E-state index is 13.0. The predicted molar refractivity (Wildman–Crippen MR) is 117 cm³/mol. The van der Waals surface area contributed by atoms with E-state index in [-0.39, 0.29) is 29.7 Å². The first-order chi connectivity index (χ1) is 14.7. The minimum absolute atomic E-state index is 0. The second-order valence-corrected chi connectivity index (χ2v) is 6.36. The molecule has 8 heteroatoms. The smallest absolute Gasteiger partial charge is 0.262 e. The van der Waals surface area contributed by atoms with Gasteiger partial charge in [0.15, 0.2) is 6.61 Å². The number of amides is 1. The van der Waals surface area contributed by atoms with E-state index in [1.165, 1.54) is 24.3 Å². The maximum Gasteiger partial charge on any atom is 0.262 e. The van der Waals surface area contributed by atoms with E-state index in [4.69, 9.17) is 4.74 Å². The molecule has 2 aromatic heterocycles. The summed E-state index contributed by atoms with van der Waals surface area (Å²) in [6, 6.07) is 16.6. The lowest BCUT2D eigenvalue weighted by molar-refractivity contribution is -0.118. The van der Waals surface area contributed by atoms with Gasteiger partial charge in [-0.1, -0.05) is 18.2 Å². The molecule has 0 aliphatic carbocycles. The van der Waals surface area contributed by atoms with E-state index < -0.39 is 0 Å². The van der Waals surface area contributed by atoms with Gasteiger partial charge in [0.2, 0.25) is 5.88 Å². The fourth-order valence-corrected chi connectivity index (χ4v) is 2.73. The summed E-state index contributed by atoms with van der Waals surface area (Å²) in [5.41, 5.74) is 3.30. The van der Waals surface area contributed by atoms with Crippen LogP contribution in [0.25, 0.3) is 23.2 Å². The van der Waals surface area contributed by atoms with Crippen molar-refractivity contribution in [3.63, 3.8) is 0 Å². The molecule has 0 bridgehead atoms. The van der Waals surface area contributed by atoms with Crippen LogP contribution >= 0.6 is 0 Å². The minimum atomic E-state index is -0.388. The summed E-state index contributed by atoms with van der Waals surface area (Å²) in [5, 5.41) is 2.65. The number of fused-ring (bicyclic) bond motifs is 1. The summed E-state index contributed by atoms with van der Waals surface area (Å²) in [7, 11) is 0. The second-order valence-electron chi connectivity index (χ2n) is 6.36. The largest absolute Gasteiger partial charge is 0.466 e. The number of aromatic nitrogens is 3. The molecule has 0 saturated heterocycles. The van der Waals surface area contributed by atoms with Gasteiger partial charge < -0.3 is 15.5 Å². The molecule has 2 aromatic carbocycles. The van der Waals surface area contributed by atoms with Crippen LogP contribution in [0.4, 0.5) is 10.1 Å². The van der Waals surface area contributed by atoms with Crippen molar-refractivity contribution in [1.29, 1.82) is 0 Å². The molecule has 3 N–H and O–H groups in total. The highest BCUT2D eigenvalue weighted by atomic mass is 19.1. The van der Waals surface area contributed by atoms with Gasteiger partial charge in [-0.15, -0.1) is 0 Å². The van der Waals surface area contributed by atoms with E-state index in [9.17, 15) is 9.18 Å². The molecular formula is C23H19FN4O3. The number of hydrogen-bond acceptors (Lipinski definition) is 5. The Morgan fingerprint density at radius 1 is 0.935 bits per heavy atom. The van der Waals surface area contributed by atoms with Crippen molar-refractivity contribution < 1.29 is 19.4 Å². The molecule has 0 radical (unpaired) electrons. The van der Waals surface area contributed by atoms with E-state index in [1.807, 2.05) is 42.5 Å². The third-order valence-electron chi connectivity index (χ3n) is 4.17. The van der Waals surface area contributed by atoms with Crippen LogP contribution in [0.1, 0.15) is 11.3 Å². The second kappa shape index (κ2) is 10.0. The highest BCUT2D eigenvalue weighted by molar-refractivity contribution is 5.92. The van der Waals surface area contributed by atoms with Crippen molar-refractivity contribution >= 4 is 34.8 Å². The lowest BCUT2D eigenvalue weighted by Gasteiger charge is -2.10. The maximum atomic E-state index is 13.0. The van der Waals surface area contributed by atoms with E-state index in [1.54, 1.807) is 18.5 Å². The van der Waals surface area contributed by atoms with E-state index in [2.05, 4.69) is 20.3 Å². The number of carbonyl (C=O) groups excluding carboxylic acids is 1. The summed E-state index contributed by atoms with van der Waals surface area (Å²) in [6.45, 7) is -0.263. The van der Waals surface area contributed by atoms with Crippen molar-refractivity contribution in [3.05, 3.63) is 90.1 Å². The molecule has 156 valence electrons. The summed E-state index contributed by atoms with van der Waals surface area (Å²) < 4.78 is 18.7. The van der Waals surface area contributed by atoms with Crippen LogP contribution in [0, 0.1) is 5.82 Å². The number of benzene rings is 2. The average molecular weight is 418 g/mol. The summed E-state index contributed by atoms with van der Waals surface area (Å²) >= 11 is 0. The number of nitrogens with one attached hydrogen (secondary N) is 1. The highest BCUT2D eigenvalue weighted by Gasteiger charge is 2.11. The Kier molecular flexibility index (Phi) is 6.97. The van der Waals surface area contributed by atoms with Crippen molar-refractivity contribution in [2.75, 3.05) is 11.9 Å². The van der Waals surface area contributed by atoms with Gasteiger partial charge in [-0.3, -0.25) is 9.78 Å². The highest BCUT2D eigenvalue weighted by Crippen LogP contribution is 2.21. The Morgan fingerprint density at radius 2 is 1.61 bits per heavy atom. The van der Waals surface area contributed by atoms with Crippen LogP contribution in [0.5, 0.6) is 5.88 Å². The van der Waals surface area contributed by atoms with Crippen LogP contribution in [0.3, 0.4) is 0 Å². The van der Waals surface area contributed by atoms with Crippen molar-refractivity contribution in [2.45, 2.75) is 0 Å². The van der Waals surface area contributed by atoms with Gasteiger partial charge in [0.1, 0.15) is 11.5 Å². The van der Waals surface area contributed by atoms with Gasteiger partial charge in [0, 0.05) is 18.1 Å². The zero-order valence-electron chi connectivity index (χ0n) is 16.3. The number of rotatable bonds is 6. The quantitative estimate of drug-likeness (QED) is 0.515. The standard InChI is InChI=1S/C23H17FN4O2.H2O/c24-17-6-8-18(9-7-17)26-22(29)15-30-23-21(10-5-16-11-13-25-14-12-16)27-19-3-1-2-4-20(19)28-23;/h1-14H,15H2,(H,26,29);1H2/b10-5-;. The molecule has 0 fully saturated rings. The third kappa shape index (κ3) is 5.68. The fourth-order valence-electron chi connectivity index (χ4n) is 2.73. The van der Waals surface area contributed by atoms with Crippen LogP contribution in [0.15, 0.2) is 73.1 Å². The van der Waals surface area contributed by atoms with Crippen LogP contribution in [0.2, 0.25) is 0 Å². The zero-order chi connectivity index (χ0) is 20.8. The number of ether oxygens (including phenoxy) is 1. The number of halogens is 1. The van der Waals surface area contributed by atoms with Gasteiger partial charge in [0.25, 0.3) is 5.91 Å². The molecule has 7 nitrogen and oxygen atoms in total. The summed E-state index contributed by atoms with van der Waals surface area (Å²) in [6.07, 6.45) is 7.04. The summed E-state index contributed by atoms with van der Waals surface area (Å²) in [4.78, 5) is 25.3. The Bertz CT molecular complexity index is 1200. The number of para-hydroxylation sites is 2. The predicted octanol–water partition coefficient (Wildman–Crippen LogP) is 3.53. The first-order valence-corrected chi connectivity index (χ1v) is 9.20. The third-order valence-corrected chi connectivity index (χ3v) is 4.17. The lowest BCUT2D eigenvalue weighted by atomic mass is 10.2. The number of hydrogen-bond donors (Lipinski definition) is 1. The fraction of sp³-hybridized carbons (Fsp3) is 0.0435. The first-order valence-electron chi connectivity index (χ1n) is 9.20. The van der Waals surface area contributed by atoms with Gasteiger partial charge in [-0.2, -0.15) is 0 Å². The van der Waals surface area contributed by atoms with E-state index in [0.717, 1.165) is 11.1 Å². The molecule has 0 spiro atoms. The number of anilines is 1. The van der Waals surface area contributed by atoms with Gasteiger partial charge >= 0.3 is 0 Å². The molecule has 0 saturated carbocycles. The molecule has 0 aliphatic heterocycles. The minimum Gasteiger partial charge on any atom is -0.466 e. The van der Waals surface area contributed by atoms with Gasteiger partial charge in [0.05, 0.1) is 11.0 Å². The number of nitrogens with zero attached hydrogens (tertiary/aromatic N) is 3. The molecular weight excluding hydrogens is 399 g/mol. The van der Waals surface area contributed by atoms with Crippen molar-refractivity contribution in [2.24, 2.45) is 0 Å². The van der Waals surface area contributed by atoms with Gasteiger partial charge in [-0.25, -0.2) is 14.4 Å². The molecule has 0 aliphatic rings. The molecule has 0 unspecified atom stereocenters. The Hall–Kier alpha value is -4.17. The molecule has 4 aromatic rings. The monoisotopic (exact) mass is 418 g/mol. The van der Waals surface area contributed by atoms with Crippen LogP contribution in [-0.4, -0.2) is 32.9 Å². The normalized spacial score (nSPS) is 10.6. The first kappa shape index (κ1) is 21.5. The molecule has 2 heterocycles. The number of carbonyl (C=O) groups is 1. The van der Waals surface area contributed by atoms with Gasteiger partial charge in [-0.05, 0) is 60.2 Å². The average Bonchev–Trinajstić information content (AvgIpc) is 2.78. The topological polar surface area (TPSA) is 108 Å². The van der Waals surface area contributed by atoms with Crippen LogP contribution < -0.4 is 10.1 Å². The van der Waals surface area contributed by atoms with E-state index >= 15 is 0 Å². The van der Waals surface area contributed by atoms with E-state index in [0.29, 0.717) is 16.9 Å². The molecule has 31 heavy (non-hydrogen) atoms. The Balaban J connectivity index is 0.00000272. The van der Waals surface area contributed by atoms with Crippen molar-refractivity contribution in [1.82, 2.24) is 15.0 Å². The zero-order valence-corrected chi connectivity index (χ0v) is 16.3. The lowest BCUT2D eigenvalue weighted by Crippen LogP contribution is -2.21. The van der Waals surface area contributed by atoms with Crippen molar-refractivity contribution in [3.8, 4) is 5.88 Å². The molecule has 0 atom stereocenters. The SMILES string of the molecule is O.O=C(COc1nc2ccccc2nc1/C=C\c1ccncc1)Nc1ccc(F)cc1. The number of pyridine rings is 1. The summed E-state index contributed by atoms with van der Waals surface area (Å²) in [5.74, 6) is -0.518. The Labute approximate surface area is 177 Å². The Morgan fingerprint density at radius 3 is 2.32 bits per heavy atom. The molecule has 4 rings (SSSR count). The van der Waals surface area contributed by atoms with Crippen LogP contribution in [-0.2, 0) is 4.79 Å². The molecule has 1 amide bonds.